The second-order valence-corrected chi connectivity index (χ2v) is 6.78. The van der Waals surface area contributed by atoms with Crippen LogP contribution in [0.1, 0.15) is 21.5 Å². The van der Waals surface area contributed by atoms with Gasteiger partial charge in [0.2, 0.25) is 0 Å². The minimum atomic E-state index is -0.930. The number of thiocarbonyl (C=S) groups is 1. The molecule has 138 valence electrons. The van der Waals surface area contributed by atoms with Crippen molar-refractivity contribution in [1.82, 2.24) is 4.90 Å². The Hall–Kier alpha value is -3.11. The van der Waals surface area contributed by atoms with Gasteiger partial charge in [-0.05, 0) is 67.2 Å². The summed E-state index contributed by atoms with van der Waals surface area (Å²) in [4.78, 5) is 15.5. The lowest BCUT2D eigenvalue weighted by atomic mass is 10.1. The molecule has 0 amide bonds. The van der Waals surface area contributed by atoms with Crippen LogP contribution in [-0.4, -0.2) is 47.3 Å². The molecule has 1 aliphatic heterocycles. The molecule has 1 heterocycles. The van der Waals surface area contributed by atoms with Gasteiger partial charge in [-0.3, -0.25) is 0 Å². The summed E-state index contributed by atoms with van der Waals surface area (Å²) in [6, 6.07) is 14.8. The Morgan fingerprint density at radius 1 is 1.15 bits per heavy atom. The summed E-state index contributed by atoms with van der Waals surface area (Å²) in [5, 5.41) is 21.8. The molecule has 0 atom stereocenters. The topological polar surface area (TPSA) is 79.6 Å². The number of hydrogen-bond acceptors (Lipinski definition) is 4. The Morgan fingerprint density at radius 2 is 1.81 bits per heavy atom. The van der Waals surface area contributed by atoms with Crippen LogP contribution < -0.4 is 10.2 Å². The second-order valence-electron chi connectivity index (χ2n) is 6.40. The molecule has 0 saturated carbocycles. The Bertz CT molecular complexity index is 897. The van der Waals surface area contributed by atoms with Crippen LogP contribution in [0.4, 0.5) is 11.4 Å². The van der Waals surface area contributed by atoms with Crippen LogP contribution in [0.3, 0.4) is 0 Å². The van der Waals surface area contributed by atoms with Crippen LogP contribution in [0.15, 0.2) is 42.5 Å². The number of rotatable bonds is 3. The summed E-state index contributed by atoms with van der Waals surface area (Å²) < 4.78 is 0. The van der Waals surface area contributed by atoms with E-state index in [9.17, 15) is 4.79 Å². The molecule has 0 aromatic heterocycles. The van der Waals surface area contributed by atoms with E-state index in [2.05, 4.69) is 21.2 Å². The molecule has 2 aromatic carbocycles. The van der Waals surface area contributed by atoms with Gasteiger partial charge in [-0.2, -0.15) is 5.26 Å². The zero-order chi connectivity index (χ0) is 19.4. The molecular weight excluding hydrogens is 360 g/mol. The third-order valence-electron chi connectivity index (χ3n) is 4.64. The first-order chi connectivity index (χ1) is 13.0. The molecule has 2 aromatic rings. The minimum absolute atomic E-state index is 0.294. The number of carbonyl (C=O) groups is 1. The van der Waals surface area contributed by atoms with Gasteiger partial charge in [-0.25, -0.2) is 4.79 Å². The lowest BCUT2D eigenvalue weighted by Crippen LogP contribution is -2.50. The molecule has 27 heavy (non-hydrogen) atoms. The number of anilines is 2. The molecule has 2 N–H and O–H groups in total. The van der Waals surface area contributed by atoms with Crippen molar-refractivity contribution in [1.29, 1.82) is 5.26 Å². The maximum Gasteiger partial charge on any atom is 0.335 e. The van der Waals surface area contributed by atoms with Crippen molar-refractivity contribution in [3.63, 3.8) is 0 Å². The zero-order valence-corrected chi connectivity index (χ0v) is 15.8. The summed E-state index contributed by atoms with van der Waals surface area (Å²) >= 11 is 5.52. The highest BCUT2D eigenvalue weighted by Crippen LogP contribution is 2.19. The van der Waals surface area contributed by atoms with Crippen molar-refractivity contribution in [2.24, 2.45) is 0 Å². The van der Waals surface area contributed by atoms with Crippen LogP contribution >= 0.6 is 12.2 Å². The molecule has 1 aliphatic rings. The fourth-order valence-electron chi connectivity index (χ4n) is 3.10. The molecule has 0 radical (unpaired) electrons. The standard InChI is InChI=1S/C20H20N4O2S/c1-14-12-16(4-7-18(14)19(25)26)22-20(27)24-10-8-23(9-11-24)17-5-2-15(13-21)3-6-17/h2-7,12H,8-11H2,1H3,(H,22,27)(H,25,26). The van der Waals surface area contributed by atoms with Crippen molar-refractivity contribution in [2.75, 3.05) is 36.4 Å². The Kier molecular flexibility index (Phi) is 5.57. The van der Waals surface area contributed by atoms with Gasteiger partial charge < -0.3 is 20.2 Å². The summed E-state index contributed by atoms with van der Waals surface area (Å²) in [5.41, 5.74) is 3.54. The van der Waals surface area contributed by atoms with E-state index < -0.39 is 5.97 Å². The van der Waals surface area contributed by atoms with E-state index in [1.54, 1.807) is 25.1 Å². The number of piperazine rings is 1. The molecular formula is C20H20N4O2S. The Morgan fingerprint density at radius 3 is 2.37 bits per heavy atom. The summed E-state index contributed by atoms with van der Waals surface area (Å²) in [6.07, 6.45) is 0. The molecule has 3 rings (SSSR count). The number of carboxylic acid groups (broad SMARTS) is 1. The van der Waals surface area contributed by atoms with E-state index in [0.717, 1.165) is 37.6 Å². The van der Waals surface area contributed by atoms with E-state index in [1.807, 2.05) is 24.3 Å². The van der Waals surface area contributed by atoms with Crippen molar-refractivity contribution >= 4 is 34.7 Å². The predicted molar refractivity (Wildman–Crippen MR) is 109 cm³/mol. The zero-order valence-electron chi connectivity index (χ0n) is 15.0. The highest BCUT2D eigenvalue weighted by Gasteiger charge is 2.19. The fraction of sp³-hybridized carbons (Fsp3) is 0.250. The Labute approximate surface area is 163 Å². The maximum atomic E-state index is 11.1. The first kappa shape index (κ1) is 18.7. The first-order valence-corrected chi connectivity index (χ1v) is 9.04. The van der Waals surface area contributed by atoms with Crippen molar-refractivity contribution in [2.45, 2.75) is 6.92 Å². The summed E-state index contributed by atoms with van der Waals surface area (Å²) in [5.74, 6) is -0.930. The summed E-state index contributed by atoms with van der Waals surface area (Å²) in [7, 11) is 0. The number of aryl methyl sites for hydroxylation is 1. The quantitative estimate of drug-likeness (QED) is 0.792. The van der Waals surface area contributed by atoms with Gasteiger partial charge in [-0.1, -0.05) is 0 Å². The van der Waals surface area contributed by atoms with Gasteiger partial charge in [0.15, 0.2) is 5.11 Å². The monoisotopic (exact) mass is 380 g/mol. The van der Waals surface area contributed by atoms with Crippen LogP contribution in [0, 0.1) is 18.3 Å². The van der Waals surface area contributed by atoms with Crippen molar-refractivity contribution in [3.05, 3.63) is 59.2 Å². The van der Waals surface area contributed by atoms with E-state index in [1.165, 1.54) is 0 Å². The lowest BCUT2D eigenvalue weighted by molar-refractivity contribution is 0.0696. The Balaban J connectivity index is 1.57. The minimum Gasteiger partial charge on any atom is -0.478 e. The highest BCUT2D eigenvalue weighted by atomic mass is 32.1. The number of nitrogens with zero attached hydrogens (tertiary/aromatic N) is 3. The molecule has 0 aliphatic carbocycles. The number of benzene rings is 2. The average molecular weight is 380 g/mol. The van der Waals surface area contributed by atoms with Gasteiger partial charge in [0, 0.05) is 37.6 Å². The third kappa shape index (κ3) is 4.36. The fourth-order valence-corrected chi connectivity index (χ4v) is 3.40. The normalized spacial score (nSPS) is 13.8. The van der Waals surface area contributed by atoms with Gasteiger partial charge in [0.1, 0.15) is 0 Å². The highest BCUT2D eigenvalue weighted by molar-refractivity contribution is 7.80. The van der Waals surface area contributed by atoms with E-state index in [4.69, 9.17) is 22.6 Å². The number of carboxylic acids is 1. The second kappa shape index (κ2) is 8.06. The number of nitrogens with one attached hydrogen (secondary N) is 1. The SMILES string of the molecule is Cc1cc(NC(=S)N2CCN(c3ccc(C#N)cc3)CC2)ccc1C(=O)O. The maximum absolute atomic E-state index is 11.1. The van der Waals surface area contributed by atoms with Crippen LogP contribution in [0.25, 0.3) is 0 Å². The van der Waals surface area contributed by atoms with Crippen molar-refractivity contribution in [3.8, 4) is 6.07 Å². The number of aromatic carboxylic acids is 1. The molecule has 6 nitrogen and oxygen atoms in total. The molecule has 0 bridgehead atoms. The smallest absolute Gasteiger partial charge is 0.335 e. The number of hydrogen-bond donors (Lipinski definition) is 2. The molecule has 0 spiro atoms. The molecule has 1 saturated heterocycles. The van der Waals surface area contributed by atoms with Crippen LogP contribution in [-0.2, 0) is 0 Å². The van der Waals surface area contributed by atoms with E-state index in [0.29, 0.717) is 21.8 Å². The van der Waals surface area contributed by atoms with Gasteiger partial charge in [0.25, 0.3) is 0 Å². The van der Waals surface area contributed by atoms with Crippen molar-refractivity contribution < 1.29 is 9.90 Å². The molecule has 0 unspecified atom stereocenters. The van der Waals surface area contributed by atoms with Gasteiger partial charge in [0.05, 0.1) is 17.2 Å². The lowest BCUT2D eigenvalue weighted by Gasteiger charge is -2.37. The van der Waals surface area contributed by atoms with Crippen LogP contribution in [0.2, 0.25) is 0 Å². The number of nitriles is 1. The molecule has 1 fully saturated rings. The van der Waals surface area contributed by atoms with Gasteiger partial charge >= 0.3 is 5.97 Å². The predicted octanol–water partition coefficient (Wildman–Crippen LogP) is 3.08. The van der Waals surface area contributed by atoms with Crippen LogP contribution in [0.5, 0.6) is 0 Å². The largest absolute Gasteiger partial charge is 0.478 e. The van der Waals surface area contributed by atoms with E-state index >= 15 is 0 Å². The molecule has 7 heteroatoms. The third-order valence-corrected chi connectivity index (χ3v) is 5.00. The summed E-state index contributed by atoms with van der Waals surface area (Å²) in [6.45, 7) is 5.03. The van der Waals surface area contributed by atoms with Gasteiger partial charge in [-0.15, -0.1) is 0 Å². The average Bonchev–Trinajstić information content (AvgIpc) is 2.68. The first-order valence-electron chi connectivity index (χ1n) is 8.63. The van der Waals surface area contributed by atoms with E-state index in [-0.39, 0.29) is 0 Å².